The number of carbonyl (C=O) groups excluding carboxylic acids is 1. The number of hydrogen-bond acceptors (Lipinski definition) is 10. The monoisotopic (exact) mass is 417 g/mol. The van der Waals surface area contributed by atoms with Crippen LogP contribution in [0.15, 0.2) is 6.20 Å². The predicted octanol–water partition coefficient (Wildman–Crippen LogP) is -2.32. The maximum atomic E-state index is 12.3. The van der Waals surface area contributed by atoms with Crippen molar-refractivity contribution in [3.8, 4) is 0 Å². The summed E-state index contributed by atoms with van der Waals surface area (Å²) in [6.07, 6.45) is 0.0132. The highest BCUT2D eigenvalue weighted by molar-refractivity contribution is 7.99. The minimum atomic E-state index is -1.19. The molecule has 28 heavy (non-hydrogen) atoms. The minimum Gasteiger partial charge on any atom is -0.394 e. The molecule has 12 heteroatoms. The van der Waals surface area contributed by atoms with E-state index in [1.165, 1.54) is 22.6 Å². The number of amides is 1. The van der Waals surface area contributed by atoms with E-state index in [4.69, 9.17) is 9.47 Å². The van der Waals surface area contributed by atoms with Crippen LogP contribution >= 0.6 is 11.8 Å². The zero-order valence-corrected chi connectivity index (χ0v) is 16.5. The Morgan fingerprint density at radius 3 is 2.79 bits per heavy atom. The number of rotatable bonds is 7. The Labute approximate surface area is 167 Å². The molecule has 3 rings (SSSR count). The van der Waals surface area contributed by atoms with Gasteiger partial charge in [-0.2, -0.15) is 0 Å². The van der Waals surface area contributed by atoms with Gasteiger partial charge in [0, 0.05) is 26.2 Å². The number of morpholine rings is 1. The smallest absolute Gasteiger partial charge is 0.273 e. The molecule has 0 bridgehead atoms. The molecular weight excluding hydrogens is 390 g/mol. The van der Waals surface area contributed by atoms with Gasteiger partial charge < -0.3 is 30.1 Å². The van der Waals surface area contributed by atoms with Crippen molar-refractivity contribution in [2.45, 2.75) is 29.8 Å². The SMILES string of the molecule is CS[C@@H]1OC(CO)[C@H](O)C(n2cc(C(=O)NCCN3CCOCC3)nn2)C1O. The fourth-order valence-corrected chi connectivity index (χ4v) is 4.04. The zero-order valence-electron chi connectivity index (χ0n) is 15.7. The van der Waals surface area contributed by atoms with Gasteiger partial charge in [-0.05, 0) is 6.26 Å². The summed E-state index contributed by atoms with van der Waals surface area (Å²) in [6.45, 7) is 3.87. The highest BCUT2D eigenvalue weighted by Crippen LogP contribution is 2.33. The Kier molecular flexibility index (Phi) is 7.62. The van der Waals surface area contributed by atoms with Crippen LogP contribution in [0.25, 0.3) is 0 Å². The van der Waals surface area contributed by atoms with Crippen molar-refractivity contribution in [3.63, 3.8) is 0 Å². The number of aromatic nitrogens is 3. The molecule has 4 N–H and O–H groups in total. The second-order valence-corrected chi connectivity index (χ2v) is 7.66. The lowest BCUT2D eigenvalue weighted by Gasteiger charge is -2.41. The van der Waals surface area contributed by atoms with Gasteiger partial charge in [0.2, 0.25) is 0 Å². The first-order valence-corrected chi connectivity index (χ1v) is 10.5. The van der Waals surface area contributed by atoms with Crippen molar-refractivity contribution in [2.75, 3.05) is 52.3 Å². The molecule has 0 aromatic carbocycles. The largest absolute Gasteiger partial charge is 0.394 e. The van der Waals surface area contributed by atoms with E-state index in [-0.39, 0.29) is 11.6 Å². The Balaban J connectivity index is 1.60. The van der Waals surface area contributed by atoms with Crippen LogP contribution in [0.1, 0.15) is 16.5 Å². The highest BCUT2D eigenvalue weighted by Gasteiger charge is 2.45. The third kappa shape index (κ3) is 4.82. The lowest BCUT2D eigenvalue weighted by molar-refractivity contribution is -0.178. The predicted molar refractivity (Wildman–Crippen MR) is 99.9 cm³/mol. The highest BCUT2D eigenvalue weighted by atomic mass is 32.2. The lowest BCUT2D eigenvalue weighted by atomic mass is 9.97. The van der Waals surface area contributed by atoms with Gasteiger partial charge in [-0.15, -0.1) is 16.9 Å². The van der Waals surface area contributed by atoms with Crippen molar-refractivity contribution in [1.82, 2.24) is 25.2 Å². The van der Waals surface area contributed by atoms with Crippen LogP contribution in [0.2, 0.25) is 0 Å². The standard InChI is InChI=1S/C16H27N5O6S/c1-28-16-14(24)12(13(23)11(9-22)27-16)21-8-10(18-19-21)15(25)17-2-3-20-4-6-26-7-5-20/h8,11-14,16,22-24H,2-7,9H2,1H3,(H,17,25)/t11?,12?,13-,14?,16-/m0/s1. The molecule has 2 saturated heterocycles. The van der Waals surface area contributed by atoms with Crippen molar-refractivity contribution in [3.05, 3.63) is 11.9 Å². The first-order valence-electron chi connectivity index (χ1n) is 9.20. The average Bonchev–Trinajstić information content (AvgIpc) is 3.19. The quantitative estimate of drug-likeness (QED) is 0.382. The van der Waals surface area contributed by atoms with Crippen LogP contribution in [0.4, 0.5) is 0 Å². The molecule has 11 nitrogen and oxygen atoms in total. The number of aliphatic hydroxyl groups is 3. The molecule has 2 fully saturated rings. The maximum Gasteiger partial charge on any atom is 0.273 e. The van der Waals surface area contributed by atoms with Gasteiger partial charge in [0.1, 0.15) is 29.8 Å². The van der Waals surface area contributed by atoms with Gasteiger partial charge in [-0.3, -0.25) is 9.69 Å². The van der Waals surface area contributed by atoms with Crippen LogP contribution in [0, 0.1) is 0 Å². The van der Waals surface area contributed by atoms with E-state index in [1.54, 1.807) is 6.26 Å². The van der Waals surface area contributed by atoms with Gasteiger partial charge in [0.25, 0.3) is 5.91 Å². The van der Waals surface area contributed by atoms with E-state index in [1.807, 2.05) is 0 Å². The van der Waals surface area contributed by atoms with Gasteiger partial charge in [-0.25, -0.2) is 4.68 Å². The summed E-state index contributed by atoms with van der Waals surface area (Å²) in [7, 11) is 0. The number of aliphatic hydroxyl groups excluding tert-OH is 3. The number of thioether (sulfide) groups is 1. The van der Waals surface area contributed by atoms with E-state index in [0.29, 0.717) is 26.3 Å². The third-order valence-corrected chi connectivity index (χ3v) is 5.80. The first-order chi connectivity index (χ1) is 13.5. The second-order valence-electron chi connectivity index (χ2n) is 6.73. The van der Waals surface area contributed by atoms with Crippen molar-refractivity contribution in [1.29, 1.82) is 0 Å². The minimum absolute atomic E-state index is 0.0918. The summed E-state index contributed by atoms with van der Waals surface area (Å²) in [5.41, 5.74) is -0.547. The van der Waals surface area contributed by atoms with Crippen molar-refractivity contribution < 1.29 is 29.6 Å². The molecule has 1 aromatic rings. The number of nitrogens with one attached hydrogen (secondary N) is 1. The fraction of sp³-hybridized carbons (Fsp3) is 0.812. The fourth-order valence-electron chi connectivity index (χ4n) is 3.34. The summed E-state index contributed by atoms with van der Waals surface area (Å²) in [5, 5.41) is 40.9. The van der Waals surface area contributed by atoms with Crippen molar-refractivity contribution >= 4 is 17.7 Å². The van der Waals surface area contributed by atoms with Crippen LogP contribution in [0.5, 0.6) is 0 Å². The molecular formula is C16H27N5O6S. The summed E-state index contributed by atoms with van der Waals surface area (Å²) in [6, 6.07) is -0.884. The molecule has 3 unspecified atom stereocenters. The number of hydrogen-bond donors (Lipinski definition) is 4. The summed E-state index contributed by atoms with van der Waals surface area (Å²) >= 11 is 1.26. The molecule has 158 valence electrons. The van der Waals surface area contributed by atoms with Crippen LogP contribution in [0.3, 0.4) is 0 Å². The molecule has 0 saturated carbocycles. The molecule has 3 heterocycles. The van der Waals surface area contributed by atoms with Crippen molar-refractivity contribution in [2.24, 2.45) is 0 Å². The second kappa shape index (κ2) is 9.96. The van der Waals surface area contributed by atoms with Crippen LogP contribution in [-0.4, -0.2) is 117 Å². The van der Waals surface area contributed by atoms with Crippen LogP contribution in [-0.2, 0) is 9.47 Å². The third-order valence-electron chi connectivity index (χ3n) is 4.95. The van der Waals surface area contributed by atoms with E-state index >= 15 is 0 Å². The normalized spacial score (nSPS) is 31.6. The van der Waals surface area contributed by atoms with Crippen LogP contribution < -0.4 is 5.32 Å². The molecule has 2 aliphatic rings. The summed E-state index contributed by atoms with van der Waals surface area (Å²) in [4.78, 5) is 14.5. The van der Waals surface area contributed by atoms with Gasteiger partial charge >= 0.3 is 0 Å². The van der Waals surface area contributed by atoms with Gasteiger partial charge in [0.15, 0.2) is 5.69 Å². The molecule has 2 aliphatic heterocycles. The molecule has 5 atom stereocenters. The number of ether oxygens (including phenoxy) is 2. The average molecular weight is 417 g/mol. The van der Waals surface area contributed by atoms with E-state index in [9.17, 15) is 20.1 Å². The molecule has 1 amide bonds. The summed E-state index contributed by atoms with van der Waals surface area (Å²) in [5.74, 6) is -0.379. The van der Waals surface area contributed by atoms with Gasteiger partial charge in [0.05, 0.1) is 26.0 Å². The summed E-state index contributed by atoms with van der Waals surface area (Å²) < 4.78 is 12.0. The first kappa shape index (κ1) is 21.4. The Hall–Kier alpha value is -1.28. The Morgan fingerprint density at radius 2 is 2.11 bits per heavy atom. The maximum absolute atomic E-state index is 12.3. The number of nitrogens with zero attached hydrogens (tertiary/aromatic N) is 4. The lowest BCUT2D eigenvalue weighted by Crippen LogP contribution is -2.54. The van der Waals surface area contributed by atoms with E-state index < -0.39 is 36.4 Å². The molecule has 0 aliphatic carbocycles. The molecule has 0 spiro atoms. The van der Waals surface area contributed by atoms with Gasteiger partial charge in [-0.1, -0.05) is 5.21 Å². The zero-order chi connectivity index (χ0) is 20.1. The number of carbonyl (C=O) groups is 1. The Bertz CT molecular complexity index is 627. The topological polar surface area (TPSA) is 142 Å². The van der Waals surface area contributed by atoms with E-state index in [0.717, 1.165) is 13.1 Å². The molecule has 1 aromatic heterocycles. The molecule has 0 radical (unpaired) electrons. The van der Waals surface area contributed by atoms with E-state index in [2.05, 4.69) is 20.5 Å². The Morgan fingerprint density at radius 1 is 1.36 bits per heavy atom.